The van der Waals surface area contributed by atoms with Gasteiger partial charge in [-0.1, -0.05) is 62.2 Å². The third-order valence-corrected chi connectivity index (χ3v) is 7.22. The molecule has 0 spiro atoms. The summed E-state index contributed by atoms with van der Waals surface area (Å²) in [7, 11) is 0. The van der Waals surface area contributed by atoms with Crippen molar-refractivity contribution in [2.24, 2.45) is 5.92 Å². The smallest absolute Gasteiger partial charge is 0.222 e. The lowest BCUT2D eigenvalue weighted by atomic mass is 9.84. The van der Waals surface area contributed by atoms with Crippen molar-refractivity contribution >= 4 is 28.3 Å². The zero-order valence-electron chi connectivity index (χ0n) is 22.0. The molecule has 6 nitrogen and oxygen atoms in total. The van der Waals surface area contributed by atoms with Gasteiger partial charge in [0.1, 0.15) is 0 Å². The quantitative estimate of drug-likeness (QED) is 0.432. The molecular weight excluding hydrogens is 460 g/mol. The third kappa shape index (κ3) is 5.77. The molecule has 2 atom stereocenters. The minimum absolute atomic E-state index is 0.0504. The topological polar surface area (TPSA) is 67.2 Å². The Kier molecular flexibility index (Phi) is 8.45. The molecule has 0 bridgehead atoms. The van der Waals surface area contributed by atoms with Gasteiger partial charge in [0.25, 0.3) is 0 Å². The summed E-state index contributed by atoms with van der Waals surface area (Å²) in [6, 6.07) is 14.6. The fourth-order valence-electron chi connectivity index (χ4n) is 5.30. The Morgan fingerprint density at radius 1 is 1.19 bits per heavy atom. The van der Waals surface area contributed by atoms with Crippen molar-refractivity contribution < 1.29 is 9.59 Å². The fraction of sp³-hybridized carbons (Fsp3) is 0.387. The zero-order chi connectivity index (χ0) is 26.4. The van der Waals surface area contributed by atoms with Crippen LogP contribution in [-0.4, -0.2) is 45.5 Å². The number of allylic oxidation sites excluding steroid dienone is 1. The van der Waals surface area contributed by atoms with Gasteiger partial charge in [0.2, 0.25) is 5.91 Å². The number of amides is 1. The summed E-state index contributed by atoms with van der Waals surface area (Å²) in [6.45, 7) is 7.30. The van der Waals surface area contributed by atoms with E-state index in [1.807, 2.05) is 42.9 Å². The number of hydrogen-bond acceptors (Lipinski definition) is 4. The van der Waals surface area contributed by atoms with Crippen LogP contribution in [0.3, 0.4) is 0 Å². The number of benzene rings is 2. The molecule has 2 unspecified atom stereocenters. The highest BCUT2D eigenvalue weighted by atomic mass is 16.2. The lowest BCUT2D eigenvalue weighted by Gasteiger charge is -2.36. The maximum atomic E-state index is 12.9. The second-order valence-electron chi connectivity index (χ2n) is 9.72. The van der Waals surface area contributed by atoms with Gasteiger partial charge in [-0.05, 0) is 43.4 Å². The number of ketones is 1. The van der Waals surface area contributed by atoms with Crippen LogP contribution in [0.2, 0.25) is 0 Å². The van der Waals surface area contributed by atoms with E-state index in [1.165, 1.54) is 0 Å². The highest BCUT2D eigenvalue weighted by Gasteiger charge is 2.34. The van der Waals surface area contributed by atoms with Crippen LogP contribution in [0, 0.1) is 18.3 Å². The molecule has 6 heteroatoms. The summed E-state index contributed by atoms with van der Waals surface area (Å²) in [5.41, 5.74) is 5.48. The molecule has 1 aliphatic heterocycles. The molecule has 0 radical (unpaired) electrons. The molecule has 4 rings (SSSR count). The van der Waals surface area contributed by atoms with Crippen molar-refractivity contribution in [2.75, 3.05) is 13.1 Å². The fourth-order valence-corrected chi connectivity index (χ4v) is 5.30. The Hall–Kier alpha value is -3.85. The van der Waals surface area contributed by atoms with E-state index in [4.69, 9.17) is 11.5 Å². The third-order valence-electron chi connectivity index (χ3n) is 7.22. The number of carbonyl (C=O) groups is 2. The van der Waals surface area contributed by atoms with Gasteiger partial charge in [0.05, 0.1) is 31.3 Å². The number of fused-ring (bicyclic) bond motifs is 1. The molecule has 1 aliphatic rings. The van der Waals surface area contributed by atoms with Crippen molar-refractivity contribution in [1.82, 2.24) is 20.0 Å². The molecule has 0 aliphatic carbocycles. The number of carbonyl (C=O) groups excluding carboxylic acids is 2. The summed E-state index contributed by atoms with van der Waals surface area (Å²) in [4.78, 5) is 26.9. The average Bonchev–Trinajstić information content (AvgIpc) is 3.32. The monoisotopic (exact) mass is 496 g/mol. The molecule has 3 aromatic rings. The molecule has 0 saturated carbocycles. The van der Waals surface area contributed by atoms with Gasteiger partial charge in [-0.15, -0.1) is 6.42 Å². The van der Waals surface area contributed by atoms with Crippen LogP contribution in [-0.2, 0) is 22.6 Å². The molecule has 1 aromatic heterocycles. The highest BCUT2D eigenvalue weighted by Crippen LogP contribution is 2.28. The first-order valence-electron chi connectivity index (χ1n) is 13.2. The molecular formula is C31H36N4O2. The molecule has 1 N–H and O–H groups in total. The second kappa shape index (κ2) is 11.9. The Labute approximate surface area is 219 Å². The Morgan fingerprint density at radius 3 is 2.73 bits per heavy atom. The van der Waals surface area contributed by atoms with Gasteiger partial charge in [-0.2, -0.15) is 5.10 Å². The van der Waals surface area contributed by atoms with E-state index in [1.54, 1.807) is 4.90 Å². The van der Waals surface area contributed by atoms with Crippen molar-refractivity contribution in [2.45, 2.75) is 59.0 Å². The first-order valence-corrected chi connectivity index (χ1v) is 13.2. The lowest BCUT2D eigenvalue weighted by molar-refractivity contribution is -0.142. The number of piperidine rings is 1. The number of likely N-dealkylation sites (tertiary alicyclic amines) is 1. The first kappa shape index (κ1) is 26.2. The van der Waals surface area contributed by atoms with E-state index in [2.05, 4.69) is 48.5 Å². The number of hydrogen-bond donors (Lipinski definition) is 1. The summed E-state index contributed by atoms with van der Waals surface area (Å²) < 4.78 is 2.02. The molecule has 2 heterocycles. The van der Waals surface area contributed by atoms with Crippen LogP contribution in [0.25, 0.3) is 16.6 Å². The van der Waals surface area contributed by atoms with Crippen molar-refractivity contribution in [3.8, 4) is 12.3 Å². The molecule has 37 heavy (non-hydrogen) atoms. The Morgan fingerprint density at radius 2 is 1.97 bits per heavy atom. The molecule has 1 amide bonds. The Balaban J connectivity index is 1.58. The number of terminal acetylenes is 1. The highest BCUT2D eigenvalue weighted by molar-refractivity contribution is 5.90. The molecule has 1 fully saturated rings. The second-order valence-corrected chi connectivity index (χ2v) is 9.72. The summed E-state index contributed by atoms with van der Waals surface area (Å²) >= 11 is 0. The van der Waals surface area contributed by atoms with Crippen molar-refractivity contribution in [3.05, 3.63) is 71.4 Å². The van der Waals surface area contributed by atoms with Gasteiger partial charge in [0.15, 0.2) is 5.78 Å². The van der Waals surface area contributed by atoms with Gasteiger partial charge in [-0.25, -0.2) is 0 Å². The first-order chi connectivity index (χ1) is 18.0. The number of aromatic nitrogens is 2. The van der Waals surface area contributed by atoms with E-state index >= 15 is 0 Å². The molecule has 1 saturated heterocycles. The normalized spacial score (nSPS) is 18.2. The number of nitrogens with zero attached hydrogens (tertiary/aromatic N) is 3. The zero-order valence-corrected chi connectivity index (χ0v) is 22.0. The van der Waals surface area contributed by atoms with Crippen LogP contribution in [0.15, 0.2) is 54.7 Å². The van der Waals surface area contributed by atoms with Gasteiger partial charge in [-0.3, -0.25) is 14.3 Å². The number of Topliss-reactive ketones (excluding diaryl/α,β-unsaturated/α-hetero) is 1. The Bertz CT molecular complexity index is 1350. The predicted molar refractivity (Wildman–Crippen MR) is 149 cm³/mol. The van der Waals surface area contributed by atoms with Gasteiger partial charge < -0.3 is 10.2 Å². The minimum Gasteiger partial charge on any atom is -0.374 e. The van der Waals surface area contributed by atoms with Crippen molar-refractivity contribution in [3.63, 3.8) is 0 Å². The minimum atomic E-state index is -0.0884. The van der Waals surface area contributed by atoms with E-state index in [0.717, 1.165) is 39.7 Å². The molecule has 192 valence electrons. The largest absolute Gasteiger partial charge is 0.374 e. The number of nitrogens with one attached hydrogen (secondary N) is 1. The summed E-state index contributed by atoms with van der Waals surface area (Å²) in [5.74, 6) is 2.77. The number of rotatable bonds is 9. The lowest BCUT2D eigenvalue weighted by Crippen LogP contribution is -2.49. The summed E-state index contributed by atoms with van der Waals surface area (Å²) in [6.07, 6.45) is 12.3. The van der Waals surface area contributed by atoms with Gasteiger partial charge >= 0.3 is 0 Å². The predicted octanol–water partition coefficient (Wildman–Crippen LogP) is 4.82. The molecule has 2 aromatic carbocycles. The van der Waals surface area contributed by atoms with Gasteiger partial charge in [0, 0.05) is 35.0 Å². The van der Waals surface area contributed by atoms with E-state index in [-0.39, 0.29) is 30.2 Å². The maximum absolute atomic E-state index is 12.9. The summed E-state index contributed by atoms with van der Waals surface area (Å²) in [5, 5.41) is 9.17. The van der Waals surface area contributed by atoms with Crippen LogP contribution in [0.5, 0.6) is 0 Å². The van der Waals surface area contributed by atoms with E-state index in [9.17, 15) is 9.59 Å². The standard InChI is InChI=1S/C31H36N4O2/c1-5-11-28(32-16-6-2)26-14-9-8-12-24(26)20-35-29-15-10-13-23(27(29)19-33-35)18-25-17-22(4)34(21-30(25)36)31(37)7-3/h2,8-15,19,22,25,32H,5,7,16-18,20-21H2,1,3-4H3/b28-11-. The van der Waals surface area contributed by atoms with Crippen LogP contribution in [0.1, 0.15) is 56.7 Å². The van der Waals surface area contributed by atoms with E-state index in [0.29, 0.717) is 32.4 Å². The van der Waals surface area contributed by atoms with Crippen LogP contribution in [0.4, 0.5) is 0 Å². The van der Waals surface area contributed by atoms with Crippen molar-refractivity contribution in [1.29, 1.82) is 0 Å². The van der Waals surface area contributed by atoms with Crippen LogP contribution < -0.4 is 5.32 Å². The van der Waals surface area contributed by atoms with E-state index < -0.39 is 0 Å². The van der Waals surface area contributed by atoms with Crippen LogP contribution >= 0.6 is 0 Å². The average molecular weight is 497 g/mol. The maximum Gasteiger partial charge on any atom is 0.222 e. The SMILES string of the molecule is C#CCN/C(=C\CC)c1ccccc1Cn1ncc2c(CC3CC(C)N(C(=O)CC)CC3=O)cccc21.